The van der Waals surface area contributed by atoms with Gasteiger partial charge in [0.15, 0.2) is 0 Å². The quantitative estimate of drug-likeness (QED) is 0.403. The Morgan fingerprint density at radius 1 is 0.923 bits per heavy atom. The molecule has 1 aromatic rings. The van der Waals surface area contributed by atoms with Crippen LogP contribution in [0.4, 0.5) is 30.7 Å². The summed E-state index contributed by atoms with van der Waals surface area (Å²) in [5.41, 5.74) is -7.74. The lowest BCUT2D eigenvalue weighted by atomic mass is 9.82. The van der Waals surface area contributed by atoms with Crippen molar-refractivity contribution in [3.05, 3.63) is 29.8 Å². The SMILES string of the molecule is CCCCOc1ccccc1C(C)(CC(F)(C(F)(F)F)C(F)(F)F)OC. The lowest BCUT2D eigenvalue weighted by Crippen LogP contribution is -2.56. The summed E-state index contributed by atoms with van der Waals surface area (Å²) in [6.07, 6.45) is -12.9. The van der Waals surface area contributed by atoms with Crippen molar-refractivity contribution in [2.75, 3.05) is 13.7 Å². The fourth-order valence-corrected chi connectivity index (χ4v) is 2.46. The normalized spacial score (nSPS) is 15.6. The Hall–Kier alpha value is -1.51. The first-order chi connectivity index (χ1) is 11.8. The third kappa shape index (κ3) is 4.61. The Morgan fingerprint density at radius 3 is 1.92 bits per heavy atom. The number of methoxy groups -OCH3 is 1. The van der Waals surface area contributed by atoms with Crippen molar-refractivity contribution in [2.24, 2.45) is 0 Å². The molecule has 1 aromatic carbocycles. The highest BCUT2D eigenvalue weighted by molar-refractivity contribution is 5.38. The summed E-state index contributed by atoms with van der Waals surface area (Å²) in [6, 6.07) is 5.57. The highest BCUT2D eigenvalue weighted by Crippen LogP contribution is 2.53. The van der Waals surface area contributed by atoms with Crippen LogP contribution in [-0.4, -0.2) is 31.7 Å². The van der Waals surface area contributed by atoms with E-state index in [1.165, 1.54) is 24.3 Å². The molecule has 1 rings (SSSR count). The van der Waals surface area contributed by atoms with E-state index < -0.39 is 30.0 Å². The number of ether oxygens (including phenoxy) is 2. The first-order valence-electron chi connectivity index (χ1n) is 7.92. The second-order valence-corrected chi connectivity index (χ2v) is 6.11. The minimum absolute atomic E-state index is 0.0528. The largest absolute Gasteiger partial charge is 0.493 e. The lowest BCUT2D eigenvalue weighted by molar-refractivity contribution is -0.353. The van der Waals surface area contributed by atoms with E-state index in [-0.39, 0.29) is 17.9 Å². The number of hydrogen-bond acceptors (Lipinski definition) is 2. The summed E-state index contributed by atoms with van der Waals surface area (Å²) < 4.78 is 102. The summed E-state index contributed by atoms with van der Waals surface area (Å²) in [7, 11) is 0.927. The summed E-state index contributed by atoms with van der Waals surface area (Å²) in [5, 5.41) is 0. The molecule has 0 aliphatic heterocycles. The molecule has 9 heteroatoms. The third-order valence-electron chi connectivity index (χ3n) is 4.14. The number of unbranched alkanes of at least 4 members (excludes halogenated alkanes) is 1. The predicted octanol–water partition coefficient (Wildman–Crippen LogP) is 5.95. The zero-order valence-corrected chi connectivity index (χ0v) is 14.6. The van der Waals surface area contributed by atoms with Crippen LogP contribution in [0.5, 0.6) is 5.75 Å². The molecule has 0 N–H and O–H groups in total. The van der Waals surface area contributed by atoms with Crippen molar-refractivity contribution in [2.45, 2.75) is 56.7 Å². The van der Waals surface area contributed by atoms with Gasteiger partial charge in [-0.3, -0.25) is 0 Å². The van der Waals surface area contributed by atoms with Gasteiger partial charge in [0.2, 0.25) is 0 Å². The molecule has 0 radical (unpaired) electrons. The van der Waals surface area contributed by atoms with E-state index >= 15 is 0 Å². The summed E-state index contributed by atoms with van der Waals surface area (Å²) in [4.78, 5) is 0. The van der Waals surface area contributed by atoms with E-state index in [2.05, 4.69) is 0 Å². The zero-order chi connectivity index (χ0) is 20.2. The van der Waals surface area contributed by atoms with Crippen molar-refractivity contribution in [1.82, 2.24) is 0 Å². The number of alkyl halides is 7. The van der Waals surface area contributed by atoms with Crippen LogP contribution in [0.3, 0.4) is 0 Å². The van der Waals surface area contributed by atoms with Crippen LogP contribution in [0.1, 0.15) is 38.7 Å². The van der Waals surface area contributed by atoms with Crippen molar-refractivity contribution >= 4 is 0 Å². The molecule has 0 bridgehead atoms. The topological polar surface area (TPSA) is 18.5 Å². The molecule has 0 aliphatic rings. The van der Waals surface area contributed by atoms with Gasteiger partial charge in [0.25, 0.3) is 0 Å². The molecule has 26 heavy (non-hydrogen) atoms. The highest BCUT2D eigenvalue weighted by atomic mass is 19.4. The Balaban J connectivity index is 3.35. The van der Waals surface area contributed by atoms with Crippen molar-refractivity contribution < 1.29 is 40.2 Å². The molecule has 1 unspecified atom stereocenters. The van der Waals surface area contributed by atoms with E-state index in [4.69, 9.17) is 9.47 Å². The van der Waals surface area contributed by atoms with Gasteiger partial charge in [-0.05, 0) is 19.4 Å². The van der Waals surface area contributed by atoms with Crippen LogP contribution in [0.15, 0.2) is 24.3 Å². The Kier molecular flexibility index (Phi) is 6.95. The maximum atomic E-state index is 14.2. The molecule has 0 aromatic heterocycles. The van der Waals surface area contributed by atoms with E-state index in [0.717, 1.165) is 20.5 Å². The summed E-state index contributed by atoms with van der Waals surface area (Å²) in [6.45, 7) is 3.08. The fourth-order valence-electron chi connectivity index (χ4n) is 2.46. The van der Waals surface area contributed by atoms with Crippen LogP contribution in [-0.2, 0) is 10.3 Å². The zero-order valence-electron chi connectivity index (χ0n) is 14.6. The van der Waals surface area contributed by atoms with Gasteiger partial charge in [0, 0.05) is 19.1 Å². The van der Waals surface area contributed by atoms with Crippen LogP contribution in [0, 0.1) is 0 Å². The van der Waals surface area contributed by atoms with Gasteiger partial charge in [0.1, 0.15) is 5.75 Å². The summed E-state index contributed by atoms with van der Waals surface area (Å²) >= 11 is 0. The number of halogens is 7. The van der Waals surface area contributed by atoms with Crippen molar-refractivity contribution in [3.8, 4) is 5.75 Å². The smallest absolute Gasteiger partial charge is 0.431 e. The standard InChI is InChI=1S/C17H21F7O2/c1-4-5-10-26-13-9-7-6-8-12(13)14(2,25-3)11-15(18,16(19,20)21)17(22,23)24/h6-9H,4-5,10-11H2,1-3H3. The van der Waals surface area contributed by atoms with Gasteiger partial charge in [-0.25, -0.2) is 4.39 Å². The maximum absolute atomic E-state index is 14.2. The number of benzene rings is 1. The van der Waals surface area contributed by atoms with Gasteiger partial charge in [0.05, 0.1) is 12.2 Å². The minimum atomic E-state index is -6.15. The Labute approximate surface area is 147 Å². The van der Waals surface area contributed by atoms with E-state index in [1.54, 1.807) is 0 Å². The van der Waals surface area contributed by atoms with Gasteiger partial charge in [-0.1, -0.05) is 31.5 Å². The average molecular weight is 390 g/mol. The van der Waals surface area contributed by atoms with Crippen LogP contribution < -0.4 is 4.74 Å². The first-order valence-corrected chi connectivity index (χ1v) is 7.92. The Morgan fingerprint density at radius 2 is 1.46 bits per heavy atom. The summed E-state index contributed by atoms with van der Waals surface area (Å²) in [5.74, 6) is 0.0528. The van der Waals surface area contributed by atoms with Crippen LogP contribution in [0.25, 0.3) is 0 Å². The monoisotopic (exact) mass is 390 g/mol. The molecule has 0 amide bonds. The predicted molar refractivity (Wildman–Crippen MR) is 81.8 cm³/mol. The van der Waals surface area contributed by atoms with Gasteiger partial charge in [-0.15, -0.1) is 0 Å². The molecule has 0 aliphatic carbocycles. The fraction of sp³-hybridized carbons (Fsp3) is 0.647. The molecule has 0 saturated heterocycles. The molecule has 0 fully saturated rings. The van der Waals surface area contributed by atoms with E-state index in [9.17, 15) is 30.7 Å². The van der Waals surface area contributed by atoms with Gasteiger partial charge >= 0.3 is 18.0 Å². The first kappa shape index (κ1) is 22.5. The van der Waals surface area contributed by atoms with Crippen LogP contribution >= 0.6 is 0 Å². The highest BCUT2D eigenvalue weighted by Gasteiger charge is 2.74. The molecule has 1 atom stereocenters. The molecule has 0 heterocycles. The number of hydrogen-bond donors (Lipinski definition) is 0. The number of para-hydroxylation sites is 1. The minimum Gasteiger partial charge on any atom is -0.493 e. The molecular weight excluding hydrogens is 369 g/mol. The van der Waals surface area contributed by atoms with Gasteiger partial charge in [-0.2, -0.15) is 26.3 Å². The molecule has 150 valence electrons. The van der Waals surface area contributed by atoms with Crippen LogP contribution in [0.2, 0.25) is 0 Å². The molecular formula is C17H21F7O2. The van der Waals surface area contributed by atoms with Crippen molar-refractivity contribution in [1.29, 1.82) is 0 Å². The second kappa shape index (κ2) is 8.02. The van der Waals surface area contributed by atoms with E-state index in [0.29, 0.717) is 6.42 Å². The second-order valence-electron chi connectivity index (χ2n) is 6.11. The average Bonchev–Trinajstić information content (AvgIpc) is 2.53. The molecule has 2 nitrogen and oxygen atoms in total. The third-order valence-corrected chi connectivity index (χ3v) is 4.14. The van der Waals surface area contributed by atoms with Gasteiger partial charge < -0.3 is 9.47 Å². The molecule has 0 saturated carbocycles. The number of rotatable bonds is 8. The molecule has 0 spiro atoms. The Bertz CT molecular complexity index is 569. The lowest BCUT2D eigenvalue weighted by Gasteiger charge is -2.38. The van der Waals surface area contributed by atoms with Crippen molar-refractivity contribution in [3.63, 3.8) is 0 Å². The van der Waals surface area contributed by atoms with E-state index in [1.807, 2.05) is 6.92 Å². The maximum Gasteiger partial charge on any atom is 0.431 e.